The van der Waals surface area contributed by atoms with Crippen molar-refractivity contribution in [1.29, 1.82) is 0 Å². The molecule has 2 rings (SSSR count). The predicted molar refractivity (Wildman–Crippen MR) is 73.8 cm³/mol. The summed E-state index contributed by atoms with van der Waals surface area (Å²) in [6.07, 6.45) is 0.769. The Morgan fingerprint density at radius 3 is 2.55 bits per heavy atom. The molecule has 4 nitrogen and oxygen atoms in total. The first-order valence-corrected chi connectivity index (χ1v) is 6.63. The van der Waals surface area contributed by atoms with Crippen molar-refractivity contribution in [3.05, 3.63) is 29.8 Å². The number of ether oxygens (including phenoxy) is 1. The number of benzene rings is 1. The SMILES string of the molecule is COc1ccccc1C(=O)C1C(=O)CCC(C)(C)C1=O. The van der Waals surface area contributed by atoms with E-state index in [2.05, 4.69) is 0 Å². The highest BCUT2D eigenvalue weighted by atomic mass is 16.5. The predicted octanol–water partition coefficient (Wildman–Crippen LogP) is 2.45. The Morgan fingerprint density at radius 1 is 1.25 bits per heavy atom. The molecule has 1 saturated carbocycles. The molecule has 1 aliphatic rings. The number of para-hydroxylation sites is 1. The average molecular weight is 274 g/mol. The Kier molecular flexibility index (Phi) is 3.75. The molecule has 0 aromatic heterocycles. The van der Waals surface area contributed by atoms with Gasteiger partial charge in [-0.25, -0.2) is 0 Å². The van der Waals surface area contributed by atoms with E-state index in [4.69, 9.17) is 4.74 Å². The van der Waals surface area contributed by atoms with Crippen LogP contribution in [-0.4, -0.2) is 24.5 Å². The number of carbonyl (C=O) groups is 3. The molecule has 0 N–H and O–H groups in total. The van der Waals surface area contributed by atoms with Crippen LogP contribution in [0.5, 0.6) is 5.75 Å². The van der Waals surface area contributed by atoms with Gasteiger partial charge in [-0.05, 0) is 18.6 Å². The van der Waals surface area contributed by atoms with Gasteiger partial charge < -0.3 is 4.74 Å². The molecule has 0 saturated heterocycles. The number of Topliss-reactive ketones (excluding diaryl/α,β-unsaturated/α-hetero) is 3. The smallest absolute Gasteiger partial charge is 0.184 e. The summed E-state index contributed by atoms with van der Waals surface area (Å²) in [4.78, 5) is 37.0. The summed E-state index contributed by atoms with van der Waals surface area (Å²) < 4.78 is 5.14. The van der Waals surface area contributed by atoms with Gasteiger partial charge in [-0.15, -0.1) is 0 Å². The summed E-state index contributed by atoms with van der Waals surface area (Å²) in [6.45, 7) is 3.56. The Balaban J connectivity index is 2.41. The molecule has 1 fully saturated rings. The lowest BCUT2D eigenvalue weighted by molar-refractivity contribution is -0.140. The second-order valence-electron chi connectivity index (χ2n) is 5.71. The van der Waals surface area contributed by atoms with E-state index in [9.17, 15) is 14.4 Å². The summed E-state index contributed by atoms with van der Waals surface area (Å²) in [5.74, 6) is -1.82. The van der Waals surface area contributed by atoms with Crippen LogP contribution in [-0.2, 0) is 9.59 Å². The molecular weight excluding hydrogens is 256 g/mol. The van der Waals surface area contributed by atoms with Crippen LogP contribution in [0.2, 0.25) is 0 Å². The van der Waals surface area contributed by atoms with E-state index in [1.165, 1.54) is 7.11 Å². The van der Waals surface area contributed by atoms with Crippen LogP contribution in [0.3, 0.4) is 0 Å². The number of hydrogen-bond acceptors (Lipinski definition) is 4. The second-order valence-corrected chi connectivity index (χ2v) is 5.71. The van der Waals surface area contributed by atoms with Gasteiger partial charge in [0, 0.05) is 11.8 Å². The van der Waals surface area contributed by atoms with E-state index >= 15 is 0 Å². The van der Waals surface area contributed by atoms with Crippen molar-refractivity contribution >= 4 is 17.3 Å². The molecule has 1 atom stereocenters. The van der Waals surface area contributed by atoms with Crippen molar-refractivity contribution in [1.82, 2.24) is 0 Å². The number of ketones is 3. The minimum atomic E-state index is -1.19. The van der Waals surface area contributed by atoms with E-state index < -0.39 is 17.1 Å². The maximum absolute atomic E-state index is 12.6. The molecule has 1 aromatic rings. The highest BCUT2D eigenvalue weighted by molar-refractivity contribution is 6.26. The van der Waals surface area contributed by atoms with Crippen LogP contribution in [0.4, 0.5) is 0 Å². The largest absolute Gasteiger partial charge is 0.496 e. The summed E-state index contributed by atoms with van der Waals surface area (Å²) in [5.41, 5.74) is -0.338. The fraction of sp³-hybridized carbons (Fsp3) is 0.438. The van der Waals surface area contributed by atoms with Crippen molar-refractivity contribution < 1.29 is 19.1 Å². The molecular formula is C16H18O4. The Morgan fingerprint density at radius 2 is 1.90 bits per heavy atom. The van der Waals surface area contributed by atoms with Gasteiger partial charge in [-0.2, -0.15) is 0 Å². The molecule has 1 unspecified atom stereocenters. The number of hydrogen-bond donors (Lipinski definition) is 0. The average Bonchev–Trinajstić information content (AvgIpc) is 2.43. The molecule has 0 heterocycles. The van der Waals surface area contributed by atoms with Gasteiger partial charge in [-0.3, -0.25) is 14.4 Å². The second kappa shape index (κ2) is 5.19. The lowest BCUT2D eigenvalue weighted by atomic mass is 9.68. The summed E-state index contributed by atoms with van der Waals surface area (Å²) in [7, 11) is 1.46. The zero-order valence-corrected chi connectivity index (χ0v) is 11.9. The van der Waals surface area contributed by atoms with Gasteiger partial charge >= 0.3 is 0 Å². The zero-order chi connectivity index (χ0) is 14.9. The van der Waals surface area contributed by atoms with Gasteiger partial charge in [0.25, 0.3) is 0 Å². The van der Waals surface area contributed by atoms with Gasteiger partial charge in [0.1, 0.15) is 11.7 Å². The van der Waals surface area contributed by atoms with Crippen LogP contribution in [0.1, 0.15) is 37.0 Å². The molecule has 1 aliphatic carbocycles. The quantitative estimate of drug-likeness (QED) is 0.627. The van der Waals surface area contributed by atoms with Gasteiger partial charge in [-0.1, -0.05) is 26.0 Å². The highest BCUT2D eigenvalue weighted by Gasteiger charge is 2.46. The van der Waals surface area contributed by atoms with E-state index in [1.807, 2.05) is 0 Å². The number of rotatable bonds is 3. The zero-order valence-electron chi connectivity index (χ0n) is 11.9. The minimum Gasteiger partial charge on any atom is -0.496 e. The minimum absolute atomic E-state index is 0.268. The van der Waals surface area contributed by atoms with Gasteiger partial charge in [0.05, 0.1) is 12.7 Å². The molecule has 106 valence electrons. The Labute approximate surface area is 118 Å². The van der Waals surface area contributed by atoms with Gasteiger partial charge in [0.2, 0.25) is 0 Å². The van der Waals surface area contributed by atoms with E-state index in [0.29, 0.717) is 17.7 Å². The first-order chi connectivity index (χ1) is 9.38. The lowest BCUT2D eigenvalue weighted by Gasteiger charge is -2.31. The first-order valence-electron chi connectivity index (χ1n) is 6.63. The molecule has 0 spiro atoms. The Hall–Kier alpha value is -1.97. The Bertz CT molecular complexity index is 572. The first kappa shape index (κ1) is 14.4. The van der Waals surface area contributed by atoms with Crippen LogP contribution in [0, 0.1) is 11.3 Å². The van der Waals surface area contributed by atoms with Crippen molar-refractivity contribution in [3.8, 4) is 5.75 Å². The molecule has 20 heavy (non-hydrogen) atoms. The number of carbonyl (C=O) groups excluding carboxylic acids is 3. The van der Waals surface area contributed by atoms with E-state index in [0.717, 1.165) is 0 Å². The van der Waals surface area contributed by atoms with Gasteiger partial charge in [0.15, 0.2) is 17.3 Å². The van der Waals surface area contributed by atoms with Crippen LogP contribution >= 0.6 is 0 Å². The van der Waals surface area contributed by atoms with Crippen LogP contribution < -0.4 is 4.74 Å². The molecule has 0 aliphatic heterocycles. The standard InChI is InChI=1S/C16H18O4/c1-16(2)9-8-11(17)13(15(16)19)14(18)10-6-4-5-7-12(10)20-3/h4-7,13H,8-9H2,1-3H3. The maximum atomic E-state index is 12.6. The van der Waals surface area contributed by atoms with Crippen molar-refractivity contribution in [2.24, 2.45) is 11.3 Å². The summed E-state index contributed by atoms with van der Waals surface area (Å²) in [5, 5.41) is 0. The fourth-order valence-corrected chi connectivity index (χ4v) is 2.51. The topological polar surface area (TPSA) is 60.4 Å². The third kappa shape index (κ3) is 2.38. The van der Waals surface area contributed by atoms with E-state index in [1.54, 1.807) is 38.1 Å². The van der Waals surface area contributed by atoms with Crippen LogP contribution in [0.25, 0.3) is 0 Å². The third-order valence-electron chi connectivity index (χ3n) is 3.88. The van der Waals surface area contributed by atoms with Crippen molar-refractivity contribution in [2.75, 3.05) is 7.11 Å². The highest BCUT2D eigenvalue weighted by Crippen LogP contribution is 2.36. The normalized spacial score (nSPS) is 21.6. The molecule has 4 heteroatoms. The fourth-order valence-electron chi connectivity index (χ4n) is 2.51. The molecule has 0 amide bonds. The number of methoxy groups -OCH3 is 1. The molecule has 0 bridgehead atoms. The van der Waals surface area contributed by atoms with Crippen molar-refractivity contribution in [3.63, 3.8) is 0 Å². The van der Waals surface area contributed by atoms with Crippen LogP contribution in [0.15, 0.2) is 24.3 Å². The van der Waals surface area contributed by atoms with E-state index in [-0.39, 0.29) is 18.0 Å². The maximum Gasteiger partial charge on any atom is 0.184 e. The molecule has 1 aromatic carbocycles. The monoisotopic (exact) mass is 274 g/mol. The van der Waals surface area contributed by atoms with Crippen molar-refractivity contribution in [2.45, 2.75) is 26.7 Å². The lowest BCUT2D eigenvalue weighted by Crippen LogP contribution is -2.44. The summed E-state index contributed by atoms with van der Waals surface area (Å²) in [6, 6.07) is 6.67. The third-order valence-corrected chi connectivity index (χ3v) is 3.88. The molecule has 0 radical (unpaired) electrons. The summed E-state index contributed by atoms with van der Waals surface area (Å²) >= 11 is 0.